The van der Waals surface area contributed by atoms with Gasteiger partial charge < -0.3 is 19.7 Å². The van der Waals surface area contributed by atoms with Crippen molar-refractivity contribution in [2.45, 2.75) is 0 Å². The predicted octanol–water partition coefficient (Wildman–Crippen LogP) is -1.20. The van der Waals surface area contributed by atoms with Gasteiger partial charge in [0.15, 0.2) is 13.2 Å². The molecule has 1 aliphatic rings. The highest BCUT2D eigenvalue weighted by Crippen LogP contribution is 1.90. The number of rotatable bonds is 2. The number of esters is 2. The van der Waals surface area contributed by atoms with Crippen molar-refractivity contribution in [2.24, 2.45) is 0 Å². The molecule has 0 amide bonds. The highest BCUT2D eigenvalue weighted by atomic mass is 16.6. The first-order valence-corrected chi connectivity index (χ1v) is 3.87. The standard InChI is InChI=1S/2C4H4O4/c5-3-1-7-4(6)2-8-3;5-3(6)1-2-4(7)8/h1-2H2;1-2H,(H,5,6)(H,7,8)/b;2-1+. The van der Waals surface area contributed by atoms with Crippen molar-refractivity contribution in [3.05, 3.63) is 12.2 Å². The van der Waals surface area contributed by atoms with Gasteiger partial charge in [0, 0.05) is 12.2 Å². The van der Waals surface area contributed by atoms with E-state index in [-0.39, 0.29) is 13.2 Å². The third-order valence-corrected chi connectivity index (χ3v) is 1.07. The van der Waals surface area contributed by atoms with Crippen LogP contribution < -0.4 is 0 Å². The van der Waals surface area contributed by atoms with Crippen molar-refractivity contribution in [3.63, 3.8) is 0 Å². The normalized spacial score (nSPS) is 14.5. The summed E-state index contributed by atoms with van der Waals surface area (Å²) in [6.45, 7) is -0.475. The number of cyclic esters (lactones) is 2. The number of hydrogen-bond donors (Lipinski definition) is 2. The average Bonchev–Trinajstić information content (AvgIpc) is 2.20. The van der Waals surface area contributed by atoms with E-state index in [0.29, 0.717) is 12.2 Å². The summed E-state index contributed by atoms with van der Waals surface area (Å²) in [6.07, 6.45) is 1.12. The van der Waals surface area contributed by atoms with Gasteiger partial charge in [0.25, 0.3) is 0 Å². The molecule has 88 valence electrons. The van der Waals surface area contributed by atoms with Crippen LogP contribution in [0.5, 0.6) is 0 Å². The summed E-state index contributed by atoms with van der Waals surface area (Å²) >= 11 is 0. The van der Waals surface area contributed by atoms with Gasteiger partial charge in [-0.2, -0.15) is 0 Å². The lowest BCUT2D eigenvalue weighted by molar-refractivity contribution is -0.174. The lowest BCUT2D eigenvalue weighted by atomic mass is 10.5. The van der Waals surface area contributed by atoms with Gasteiger partial charge in [-0.3, -0.25) is 0 Å². The number of hydrogen-bond acceptors (Lipinski definition) is 6. The van der Waals surface area contributed by atoms with Gasteiger partial charge in [-0.15, -0.1) is 0 Å². The van der Waals surface area contributed by atoms with Gasteiger partial charge in [0.05, 0.1) is 0 Å². The third kappa shape index (κ3) is 8.23. The number of carbonyl (C=O) groups is 4. The first kappa shape index (κ1) is 13.6. The largest absolute Gasteiger partial charge is 0.478 e. The smallest absolute Gasteiger partial charge is 0.344 e. The zero-order valence-corrected chi connectivity index (χ0v) is 7.91. The van der Waals surface area contributed by atoms with Crippen LogP contribution in [0.4, 0.5) is 0 Å². The van der Waals surface area contributed by atoms with Gasteiger partial charge in [-0.1, -0.05) is 0 Å². The Morgan fingerprint density at radius 2 is 1.25 bits per heavy atom. The van der Waals surface area contributed by atoms with Crippen LogP contribution in [-0.2, 0) is 28.7 Å². The summed E-state index contributed by atoms with van der Waals surface area (Å²) < 4.78 is 8.55. The molecule has 0 unspecified atom stereocenters. The van der Waals surface area contributed by atoms with E-state index >= 15 is 0 Å². The molecule has 1 rings (SSSR count). The molecule has 0 aromatic heterocycles. The Morgan fingerprint density at radius 3 is 1.44 bits per heavy atom. The van der Waals surface area contributed by atoms with Crippen molar-refractivity contribution in [1.82, 2.24) is 0 Å². The lowest BCUT2D eigenvalue weighted by Gasteiger charge is -2.09. The van der Waals surface area contributed by atoms with E-state index in [0.717, 1.165) is 0 Å². The van der Waals surface area contributed by atoms with Crippen LogP contribution in [0.1, 0.15) is 0 Å². The molecule has 1 heterocycles. The minimum atomic E-state index is -1.26. The van der Waals surface area contributed by atoms with E-state index in [1.54, 1.807) is 0 Å². The fraction of sp³-hybridized carbons (Fsp3) is 0.250. The van der Waals surface area contributed by atoms with E-state index in [1.807, 2.05) is 0 Å². The van der Waals surface area contributed by atoms with Gasteiger partial charge in [0.1, 0.15) is 0 Å². The molecule has 1 aliphatic heterocycles. The summed E-state index contributed by atoms with van der Waals surface area (Å²) in [5.74, 6) is -3.48. The van der Waals surface area contributed by atoms with Gasteiger partial charge in [0.2, 0.25) is 0 Å². The zero-order chi connectivity index (χ0) is 12.6. The topological polar surface area (TPSA) is 127 Å². The van der Waals surface area contributed by atoms with Crippen molar-refractivity contribution >= 4 is 23.9 Å². The summed E-state index contributed by atoms with van der Waals surface area (Å²) in [5.41, 5.74) is 0. The third-order valence-electron chi connectivity index (χ3n) is 1.07. The van der Waals surface area contributed by atoms with Crippen molar-refractivity contribution < 1.29 is 38.9 Å². The summed E-state index contributed by atoms with van der Waals surface area (Å²) in [6, 6.07) is 0. The first-order valence-electron chi connectivity index (χ1n) is 3.87. The molecule has 0 aromatic carbocycles. The van der Waals surface area contributed by atoms with Crippen LogP contribution in [0.25, 0.3) is 0 Å². The molecule has 8 heteroatoms. The molecule has 1 saturated heterocycles. The SMILES string of the molecule is O=C(O)/C=C/C(=O)O.O=C1COC(=O)CO1. The number of carbonyl (C=O) groups excluding carboxylic acids is 2. The lowest BCUT2D eigenvalue weighted by Crippen LogP contribution is -2.27. The van der Waals surface area contributed by atoms with Crippen molar-refractivity contribution in [3.8, 4) is 0 Å². The maximum atomic E-state index is 10.1. The number of carboxylic acids is 2. The van der Waals surface area contributed by atoms with Crippen LogP contribution in [0.2, 0.25) is 0 Å². The molecule has 0 saturated carbocycles. The number of carboxylic acid groups (broad SMARTS) is 2. The van der Waals surface area contributed by atoms with Gasteiger partial charge in [-0.05, 0) is 0 Å². The second kappa shape index (κ2) is 6.98. The molecule has 0 atom stereocenters. The highest BCUT2D eigenvalue weighted by molar-refractivity contribution is 5.89. The van der Waals surface area contributed by atoms with Crippen LogP contribution in [0.15, 0.2) is 12.2 Å². The van der Waals surface area contributed by atoms with Gasteiger partial charge in [-0.25, -0.2) is 19.2 Å². The Hall–Kier alpha value is -2.38. The fourth-order valence-electron chi connectivity index (χ4n) is 0.505. The molecule has 2 N–H and O–H groups in total. The van der Waals surface area contributed by atoms with E-state index in [9.17, 15) is 19.2 Å². The Morgan fingerprint density at radius 1 is 0.938 bits per heavy atom. The Kier molecular flexibility index (Phi) is 5.95. The molecular formula is C8H8O8. The molecule has 16 heavy (non-hydrogen) atoms. The summed E-state index contributed by atoms with van der Waals surface area (Å²) in [4.78, 5) is 39.3. The van der Waals surface area contributed by atoms with E-state index in [2.05, 4.69) is 9.47 Å². The molecular weight excluding hydrogens is 224 g/mol. The highest BCUT2D eigenvalue weighted by Gasteiger charge is 2.16. The van der Waals surface area contributed by atoms with Crippen molar-refractivity contribution in [2.75, 3.05) is 13.2 Å². The minimum Gasteiger partial charge on any atom is -0.478 e. The molecule has 1 fully saturated rings. The Balaban J connectivity index is 0.000000281. The van der Waals surface area contributed by atoms with E-state index in [1.165, 1.54) is 0 Å². The fourth-order valence-corrected chi connectivity index (χ4v) is 0.505. The van der Waals surface area contributed by atoms with Crippen molar-refractivity contribution in [1.29, 1.82) is 0 Å². The maximum absolute atomic E-state index is 10.1. The quantitative estimate of drug-likeness (QED) is 0.448. The molecule has 0 spiro atoms. The molecule has 0 bridgehead atoms. The molecule has 0 radical (unpaired) electrons. The Bertz CT molecular complexity index is 285. The summed E-state index contributed by atoms with van der Waals surface area (Å²) in [5, 5.41) is 15.6. The minimum absolute atomic E-state index is 0.237. The monoisotopic (exact) mass is 232 g/mol. The second-order valence-corrected chi connectivity index (χ2v) is 2.33. The predicted molar refractivity (Wildman–Crippen MR) is 46.3 cm³/mol. The van der Waals surface area contributed by atoms with Crippen LogP contribution >= 0.6 is 0 Å². The van der Waals surface area contributed by atoms with Crippen LogP contribution in [0.3, 0.4) is 0 Å². The average molecular weight is 232 g/mol. The number of aliphatic carboxylic acids is 2. The second-order valence-electron chi connectivity index (χ2n) is 2.33. The van der Waals surface area contributed by atoms with Gasteiger partial charge >= 0.3 is 23.9 Å². The summed E-state index contributed by atoms with van der Waals surface area (Å²) in [7, 11) is 0. The van der Waals surface area contributed by atoms with E-state index in [4.69, 9.17) is 10.2 Å². The van der Waals surface area contributed by atoms with Crippen LogP contribution in [-0.4, -0.2) is 47.3 Å². The maximum Gasteiger partial charge on any atom is 0.344 e. The van der Waals surface area contributed by atoms with E-state index < -0.39 is 23.9 Å². The molecule has 8 nitrogen and oxygen atoms in total. The Labute approximate surface area is 89.1 Å². The number of ether oxygens (including phenoxy) is 2. The zero-order valence-electron chi connectivity index (χ0n) is 7.91. The molecule has 0 aromatic rings. The van der Waals surface area contributed by atoms with Crippen LogP contribution in [0, 0.1) is 0 Å². The molecule has 0 aliphatic carbocycles. The first-order chi connectivity index (χ1) is 7.41.